The summed E-state index contributed by atoms with van der Waals surface area (Å²) < 4.78 is 0. The van der Waals surface area contributed by atoms with Crippen molar-refractivity contribution < 1.29 is 5.11 Å². The van der Waals surface area contributed by atoms with E-state index in [9.17, 15) is 5.11 Å². The summed E-state index contributed by atoms with van der Waals surface area (Å²) in [5.41, 5.74) is 0.373. The number of hydrogen-bond acceptors (Lipinski definition) is 1. The van der Waals surface area contributed by atoms with Gasteiger partial charge in [-0.05, 0) is 48.9 Å². The van der Waals surface area contributed by atoms with Crippen LogP contribution in [0.25, 0.3) is 0 Å². The molecule has 2 saturated carbocycles. The molecule has 2 rings (SSSR count). The number of aliphatic hydroxyl groups excluding tert-OH is 1. The molecule has 2 aliphatic carbocycles. The molecule has 2 aliphatic rings. The van der Waals surface area contributed by atoms with Crippen molar-refractivity contribution in [2.45, 2.75) is 65.4 Å². The van der Waals surface area contributed by atoms with Gasteiger partial charge >= 0.3 is 0 Å². The fourth-order valence-electron chi connectivity index (χ4n) is 3.67. The van der Waals surface area contributed by atoms with Crippen molar-refractivity contribution >= 4 is 0 Å². The van der Waals surface area contributed by atoms with E-state index in [2.05, 4.69) is 20.8 Å². The summed E-state index contributed by atoms with van der Waals surface area (Å²) in [4.78, 5) is 0. The van der Waals surface area contributed by atoms with Gasteiger partial charge in [-0.25, -0.2) is 0 Å². The number of hydrogen-bond donors (Lipinski definition) is 1. The topological polar surface area (TPSA) is 20.2 Å². The molecule has 3 unspecified atom stereocenters. The Labute approximate surface area is 94.3 Å². The van der Waals surface area contributed by atoms with Crippen molar-refractivity contribution in [1.82, 2.24) is 0 Å². The average Bonchev–Trinajstić information content (AvgIpc) is 1.97. The van der Waals surface area contributed by atoms with Crippen LogP contribution < -0.4 is 0 Å². The molecule has 1 N–H and O–H groups in total. The second-order valence-corrected chi connectivity index (χ2v) is 6.54. The largest absolute Gasteiger partial charge is 0.393 e. The molecular formula is C14H26O. The van der Waals surface area contributed by atoms with Gasteiger partial charge in [0.2, 0.25) is 0 Å². The minimum absolute atomic E-state index is 0.0376. The van der Waals surface area contributed by atoms with Crippen LogP contribution in [-0.4, -0.2) is 11.2 Å². The maximum Gasteiger partial charge on any atom is 0.0576 e. The first-order valence-electron chi connectivity index (χ1n) is 6.70. The van der Waals surface area contributed by atoms with Gasteiger partial charge in [0.1, 0.15) is 0 Å². The van der Waals surface area contributed by atoms with E-state index in [0.717, 1.165) is 18.3 Å². The lowest BCUT2D eigenvalue weighted by molar-refractivity contribution is -0.0555. The first kappa shape index (κ1) is 11.4. The van der Waals surface area contributed by atoms with Gasteiger partial charge in [-0.2, -0.15) is 0 Å². The molecule has 0 bridgehead atoms. The Morgan fingerprint density at radius 2 is 1.73 bits per heavy atom. The molecule has 0 aromatic rings. The van der Waals surface area contributed by atoms with Gasteiger partial charge in [0.25, 0.3) is 0 Å². The molecule has 1 nitrogen and oxygen atoms in total. The van der Waals surface area contributed by atoms with Crippen LogP contribution in [0.3, 0.4) is 0 Å². The van der Waals surface area contributed by atoms with E-state index >= 15 is 0 Å². The van der Waals surface area contributed by atoms with Crippen molar-refractivity contribution in [3.05, 3.63) is 0 Å². The van der Waals surface area contributed by atoms with Crippen LogP contribution in [0.2, 0.25) is 0 Å². The summed E-state index contributed by atoms with van der Waals surface area (Å²) in [5.74, 6) is 2.16. The van der Waals surface area contributed by atoms with E-state index in [1.807, 2.05) is 0 Å². The fraction of sp³-hybridized carbons (Fsp3) is 1.00. The minimum atomic E-state index is -0.0376. The second kappa shape index (κ2) is 4.08. The van der Waals surface area contributed by atoms with Crippen LogP contribution >= 0.6 is 0 Å². The lowest BCUT2D eigenvalue weighted by Crippen LogP contribution is -2.44. The molecule has 88 valence electrons. The van der Waals surface area contributed by atoms with Gasteiger partial charge < -0.3 is 5.11 Å². The van der Waals surface area contributed by atoms with Crippen LogP contribution in [0, 0.1) is 23.2 Å². The zero-order valence-electron chi connectivity index (χ0n) is 10.5. The Balaban J connectivity index is 2.01. The quantitative estimate of drug-likeness (QED) is 0.738. The van der Waals surface area contributed by atoms with Gasteiger partial charge in [0, 0.05) is 0 Å². The fourth-order valence-corrected chi connectivity index (χ4v) is 3.67. The molecule has 0 radical (unpaired) electrons. The van der Waals surface area contributed by atoms with Gasteiger partial charge in [-0.1, -0.05) is 33.6 Å². The highest BCUT2D eigenvalue weighted by Gasteiger charge is 2.44. The van der Waals surface area contributed by atoms with Crippen LogP contribution in [0.1, 0.15) is 59.3 Å². The molecule has 0 aliphatic heterocycles. The third-order valence-corrected chi connectivity index (χ3v) is 5.19. The lowest BCUT2D eigenvalue weighted by atomic mass is 9.57. The summed E-state index contributed by atoms with van der Waals surface area (Å²) in [5, 5.41) is 10.2. The predicted molar refractivity (Wildman–Crippen MR) is 63.6 cm³/mol. The molecule has 3 atom stereocenters. The van der Waals surface area contributed by atoms with Gasteiger partial charge in [0.15, 0.2) is 0 Å². The summed E-state index contributed by atoms with van der Waals surface area (Å²) in [6.07, 6.45) is 7.75. The van der Waals surface area contributed by atoms with Crippen molar-refractivity contribution in [2.24, 2.45) is 23.2 Å². The highest BCUT2D eigenvalue weighted by atomic mass is 16.3. The molecule has 0 aromatic carbocycles. The molecule has 0 saturated heterocycles. The molecule has 0 spiro atoms. The molecule has 0 heterocycles. The van der Waals surface area contributed by atoms with Gasteiger partial charge in [-0.15, -0.1) is 0 Å². The van der Waals surface area contributed by atoms with Crippen molar-refractivity contribution in [3.63, 3.8) is 0 Å². The molecular weight excluding hydrogens is 184 g/mol. The Morgan fingerprint density at radius 1 is 1.07 bits per heavy atom. The maximum absolute atomic E-state index is 10.2. The summed E-state index contributed by atoms with van der Waals surface area (Å²) in [6, 6.07) is 0. The van der Waals surface area contributed by atoms with Crippen molar-refractivity contribution in [2.75, 3.05) is 0 Å². The number of aliphatic hydroxyl groups is 1. The van der Waals surface area contributed by atoms with E-state index in [1.165, 1.54) is 32.1 Å². The van der Waals surface area contributed by atoms with Gasteiger partial charge in [0.05, 0.1) is 6.10 Å². The Kier molecular flexibility index (Phi) is 3.12. The van der Waals surface area contributed by atoms with Crippen LogP contribution in [0.5, 0.6) is 0 Å². The summed E-state index contributed by atoms with van der Waals surface area (Å²) >= 11 is 0. The van der Waals surface area contributed by atoms with Crippen LogP contribution in [-0.2, 0) is 0 Å². The normalized spacial score (nSPS) is 38.8. The van der Waals surface area contributed by atoms with E-state index in [1.54, 1.807) is 0 Å². The van der Waals surface area contributed by atoms with E-state index in [-0.39, 0.29) is 6.10 Å². The smallest absolute Gasteiger partial charge is 0.0576 e. The molecule has 1 heteroatoms. The Hall–Kier alpha value is -0.0400. The van der Waals surface area contributed by atoms with Crippen LogP contribution in [0.15, 0.2) is 0 Å². The highest BCUT2D eigenvalue weighted by molar-refractivity contribution is 4.94. The lowest BCUT2D eigenvalue weighted by Gasteiger charge is -2.49. The zero-order chi connectivity index (χ0) is 11.1. The van der Waals surface area contributed by atoms with E-state index in [0.29, 0.717) is 11.3 Å². The van der Waals surface area contributed by atoms with Crippen LogP contribution in [0.4, 0.5) is 0 Å². The van der Waals surface area contributed by atoms with E-state index in [4.69, 9.17) is 0 Å². The third-order valence-electron chi connectivity index (χ3n) is 5.19. The number of rotatable bonds is 2. The predicted octanol–water partition coefficient (Wildman–Crippen LogP) is 3.61. The second-order valence-electron chi connectivity index (χ2n) is 6.54. The van der Waals surface area contributed by atoms with Crippen molar-refractivity contribution in [1.29, 1.82) is 0 Å². The summed E-state index contributed by atoms with van der Waals surface area (Å²) in [7, 11) is 0. The SMILES string of the molecule is CC1CCC(C(C)(C)C2CCC2)C(O)C1. The Morgan fingerprint density at radius 3 is 2.20 bits per heavy atom. The molecule has 0 aromatic heterocycles. The highest BCUT2D eigenvalue weighted by Crippen LogP contribution is 2.51. The Bertz CT molecular complexity index is 217. The first-order chi connectivity index (χ1) is 7.01. The molecule has 15 heavy (non-hydrogen) atoms. The van der Waals surface area contributed by atoms with E-state index < -0.39 is 0 Å². The standard InChI is InChI=1S/C14H26O/c1-10-7-8-12(13(15)9-10)14(2,3)11-5-4-6-11/h10-13,15H,4-9H2,1-3H3. The van der Waals surface area contributed by atoms with Crippen molar-refractivity contribution in [3.8, 4) is 0 Å². The zero-order valence-corrected chi connectivity index (χ0v) is 10.5. The molecule has 0 amide bonds. The van der Waals surface area contributed by atoms with Gasteiger partial charge in [-0.3, -0.25) is 0 Å². The average molecular weight is 210 g/mol. The minimum Gasteiger partial charge on any atom is -0.393 e. The molecule has 2 fully saturated rings. The monoisotopic (exact) mass is 210 g/mol. The maximum atomic E-state index is 10.2. The summed E-state index contributed by atoms with van der Waals surface area (Å²) in [6.45, 7) is 7.05. The third kappa shape index (κ3) is 2.08. The first-order valence-corrected chi connectivity index (χ1v) is 6.70.